The first-order chi connectivity index (χ1) is 10.5. The summed E-state index contributed by atoms with van der Waals surface area (Å²) in [7, 11) is 0. The molecular formula is C17H15F2NO2. The highest BCUT2D eigenvalue weighted by molar-refractivity contribution is 5.79. The summed E-state index contributed by atoms with van der Waals surface area (Å²) < 4.78 is 25.1. The molecule has 0 amide bonds. The van der Waals surface area contributed by atoms with Crippen molar-refractivity contribution < 1.29 is 18.7 Å². The van der Waals surface area contributed by atoms with Crippen molar-refractivity contribution >= 4 is 5.97 Å². The van der Waals surface area contributed by atoms with Crippen LogP contribution in [0, 0.1) is 5.41 Å². The van der Waals surface area contributed by atoms with Crippen molar-refractivity contribution in [2.24, 2.45) is 5.41 Å². The molecule has 0 bridgehead atoms. The van der Waals surface area contributed by atoms with Crippen molar-refractivity contribution in [3.05, 3.63) is 53.9 Å². The van der Waals surface area contributed by atoms with E-state index in [0.29, 0.717) is 19.3 Å². The van der Waals surface area contributed by atoms with E-state index in [0.717, 1.165) is 16.7 Å². The van der Waals surface area contributed by atoms with Crippen molar-refractivity contribution in [1.29, 1.82) is 0 Å². The normalized spacial score (nSPS) is 15.8. The highest BCUT2D eigenvalue weighted by Gasteiger charge is 2.50. The van der Waals surface area contributed by atoms with Gasteiger partial charge in [-0.25, -0.2) is 8.78 Å². The molecule has 114 valence electrons. The Morgan fingerprint density at radius 1 is 1.23 bits per heavy atom. The Bertz CT molecular complexity index is 694. The summed E-state index contributed by atoms with van der Waals surface area (Å²) in [6, 6.07) is 10.4. The predicted octanol–water partition coefficient (Wildman–Crippen LogP) is 4.09. The maximum absolute atomic E-state index is 12.6. The number of hydrogen-bond donors (Lipinski definition) is 1. The predicted molar refractivity (Wildman–Crippen MR) is 77.6 cm³/mol. The number of aromatic nitrogens is 1. The largest absolute Gasteiger partial charge is 0.481 e. The molecule has 0 atom stereocenters. The van der Waals surface area contributed by atoms with Gasteiger partial charge in [-0.3, -0.25) is 9.78 Å². The molecule has 0 spiro atoms. The van der Waals surface area contributed by atoms with Crippen LogP contribution in [0.25, 0.3) is 11.1 Å². The zero-order valence-corrected chi connectivity index (χ0v) is 11.8. The number of aliphatic carboxylic acids is 1. The molecule has 1 heterocycles. The SMILES string of the molecule is O=C(O)C1(Cc2ccccc2-c2ccc(C(F)F)nc2)CC1. The minimum atomic E-state index is -2.59. The first kappa shape index (κ1) is 14.6. The van der Waals surface area contributed by atoms with Crippen LogP contribution in [-0.2, 0) is 11.2 Å². The van der Waals surface area contributed by atoms with Gasteiger partial charge in [0, 0.05) is 11.8 Å². The van der Waals surface area contributed by atoms with E-state index in [1.54, 1.807) is 6.07 Å². The number of carbonyl (C=O) groups is 1. The number of benzene rings is 1. The molecule has 1 fully saturated rings. The topological polar surface area (TPSA) is 50.2 Å². The van der Waals surface area contributed by atoms with E-state index < -0.39 is 17.8 Å². The molecule has 1 N–H and O–H groups in total. The molecule has 1 aliphatic rings. The Morgan fingerprint density at radius 2 is 1.95 bits per heavy atom. The van der Waals surface area contributed by atoms with Gasteiger partial charge in [-0.2, -0.15) is 0 Å². The molecule has 22 heavy (non-hydrogen) atoms. The molecule has 5 heteroatoms. The second kappa shape index (κ2) is 5.48. The second-order valence-corrected chi connectivity index (χ2v) is 5.69. The molecule has 3 rings (SSSR count). The molecule has 0 unspecified atom stereocenters. The van der Waals surface area contributed by atoms with Crippen LogP contribution in [0.4, 0.5) is 8.78 Å². The smallest absolute Gasteiger partial charge is 0.309 e. The van der Waals surface area contributed by atoms with E-state index in [4.69, 9.17) is 0 Å². The zero-order valence-electron chi connectivity index (χ0n) is 11.8. The third-order valence-corrected chi connectivity index (χ3v) is 4.17. The molecule has 0 aliphatic heterocycles. The van der Waals surface area contributed by atoms with Gasteiger partial charge in [-0.15, -0.1) is 0 Å². The highest BCUT2D eigenvalue weighted by atomic mass is 19.3. The minimum absolute atomic E-state index is 0.259. The maximum Gasteiger partial charge on any atom is 0.309 e. The van der Waals surface area contributed by atoms with Gasteiger partial charge in [0.2, 0.25) is 0 Å². The number of nitrogens with zero attached hydrogens (tertiary/aromatic N) is 1. The number of hydrogen-bond acceptors (Lipinski definition) is 2. The molecule has 1 aliphatic carbocycles. The Balaban J connectivity index is 1.93. The molecule has 3 nitrogen and oxygen atoms in total. The Kier molecular flexibility index (Phi) is 3.64. The summed E-state index contributed by atoms with van der Waals surface area (Å²) in [4.78, 5) is 15.1. The van der Waals surface area contributed by atoms with Crippen LogP contribution in [0.5, 0.6) is 0 Å². The van der Waals surface area contributed by atoms with Crippen molar-refractivity contribution in [2.75, 3.05) is 0 Å². The molecule has 2 aromatic rings. The molecule has 0 saturated heterocycles. The van der Waals surface area contributed by atoms with Gasteiger partial charge >= 0.3 is 5.97 Å². The average molecular weight is 303 g/mol. The first-order valence-corrected chi connectivity index (χ1v) is 7.08. The zero-order chi connectivity index (χ0) is 15.7. The summed E-state index contributed by atoms with van der Waals surface area (Å²) in [5.41, 5.74) is 1.57. The van der Waals surface area contributed by atoms with Gasteiger partial charge in [0.25, 0.3) is 6.43 Å². The summed E-state index contributed by atoms with van der Waals surface area (Å²) in [5.74, 6) is -0.770. The highest BCUT2D eigenvalue weighted by Crippen LogP contribution is 2.49. The van der Waals surface area contributed by atoms with Gasteiger partial charge in [0.05, 0.1) is 5.41 Å². The standard InChI is InChI=1S/C17H15F2NO2/c18-15(19)14-6-5-12(10-20-14)13-4-2-1-3-11(13)9-17(7-8-17)16(21)22/h1-6,10,15H,7-9H2,(H,21,22). The van der Waals surface area contributed by atoms with E-state index in [-0.39, 0.29) is 5.69 Å². The van der Waals surface area contributed by atoms with Gasteiger partial charge in [-0.1, -0.05) is 30.3 Å². The summed E-state index contributed by atoms with van der Waals surface area (Å²) in [5, 5.41) is 9.33. The minimum Gasteiger partial charge on any atom is -0.481 e. The van der Waals surface area contributed by atoms with E-state index >= 15 is 0 Å². The van der Waals surface area contributed by atoms with Gasteiger partial charge in [0.1, 0.15) is 5.69 Å². The van der Waals surface area contributed by atoms with E-state index in [9.17, 15) is 18.7 Å². The van der Waals surface area contributed by atoms with Gasteiger partial charge < -0.3 is 5.11 Å². The number of pyridine rings is 1. The summed E-state index contributed by atoms with van der Waals surface area (Å²) >= 11 is 0. The fourth-order valence-corrected chi connectivity index (χ4v) is 2.63. The monoisotopic (exact) mass is 303 g/mol. The first-order valence-electron chi connectivity index (χ1n) is 7.08. The third-order valence-electron chi connectivity index (χ3n) is 4.17. The summed E-state index contributed by atoms with van der Waals surface area (Å²) in [6.07, 6.45) is 0.639. The molecule has 1 aromatic heterocycles. The summed E-state index contributed by atoms with van der Waals surface area (Å²) in [6.45, 7) is 0. The van der Waals surface area contributed by atoms with Crippen LogP contribution in [0.3, 0.4) is 0 Å². The number of carboxylic acids is 1. The van der Waals surface area contributed by atoms with Crippen LogP contribution in [0.2, 0.25) is 0 Å². The molecule has 0 radical (unpaired) electrons. The third kappa shape index (κ3) is 2.71. The lowest BCUT2D eigenvalue weighted by Gasteiger charge is -2.14. The van der Waals surface area contributed by atoms with E-state index in [2.05, 4.69) is 4.98 Å². The van der Waals surface area contributed by atoms with Crippen LogP contribution < -0.4 is 0 Å². The lowest BCUT2D eigenvalue weighted by atomic mass is 9.91. The molecule has 1 saturated carbocycles. The number of carboxylic acid groups (broad SMARTS) is 1. The quantitative estimate of drug-likeness (QED) is 0.905. The lowest BCUT2D eigenvalue weighted by Crippen LogP contribution is -2.17. The van der Waals surface area contributed by atoms with Crippen LogP contribution >= 0.6 is 0 Å². The number of halogens is 2. The Morgan fingerprint density at radius 3 is 2.50 bits per heavy atom. The van der Waals surface area contributed by atoms with Crippen LogP contribution in [-0.4, -0.2) is 16.1 Å². The number of alkyl halides is 2. The molecule has 1 aromatic carbocycles. The Hall–Kier alpha value is -2.30. The van der Waals surface area contributed by atoms with E-state index in [1.807, 2.05) is 24.3 Å². The maximum atomic E-state index is 12.6. The fraction of sp³-hybridized carbons (Fsp3) is 0.294. The van der Waals surface area contributed by atoms with Gasteiger partial charge in [-0.05, 0) is 36.5 Å². The van der Waals surface area contributed by atoms with Crippen molar-refractivity contribution in [1.82, 2.24) is 4.98 Å². The fourth-order valence-electron chi connectivity index (χ4n) is 2.63. The average Bonchev–Trinajstić information content (AvgIpc) is 3.29. The van der Waals surface area contributed by atoms with Crippen LogP contribution in [0.1, 0.15) is 30.5 Å². The number of rotatable bonds is 5. The Labute approximate surface area is 126 Å². The van der Waals surface area contributed by atoms with E-state index in [1.165, 1.54) is 12.3 Å². The van der Waals surface area contributed by atoms with Crippen molar-refractivity contribution in [2.45, 2.75) is 25.7 Å². The second-order valence-electron chi connectivity index (χ2n) is 5.69. The lowest BCUT2D eigenvalue weighted by molar-refractivity contribution is -0.143. The van der Waals surface area contributed by atoms with Gasteiger partial charge in [0.15, 0.2) is 0 Å². The molecular weight excluding hydrogens is 288 g/mol. The van der Waals surface area contributed by atoms with Crippen LogP contribution in [0.15, 0.2) is 42.6 Å². The van der Waals surface area contributed by atoms with Crippen molar-refractivity contribution in [3.63, 3.8) is 0 Å². The van der Waals surface area contributed by atoms with Crippen molar-refractivity contribution in [3.8, 4) is 11.1 Å².